The summed E-state index contributed by atoms with van der Waals surface area (Å²) in [4.78, 5) is 18.3. The lowest BCUT2D eigenvalue weighted by molar-refractivity contribution is -0.114. The van der Waals surface area contributed by atoms with Crippen molar-refractivity contribution in [3.63, 3.8) is 0 Å². The van der Waals surface area contributed by atoms with E-state index in [4.69, 9.17) is 12.2 Å². The molecular formula is C28H27N5OS. The third-order valence-electron chi connectivity index (χ3n) is 6.42. The van der Waals surface area contributed by atoms with Gasteiger partial charge in [-0.25, -0.2) is 0 Å². The van der Waals surface area contributed by atoms with Crippen LogP contribution in [0.3, 0.4) is 0 Å². The Morgan fingerprint density at radius 2 is 1.74 bits per heavy atom. The van der Waals surface area contributed by atoms with Gasteiger partial charge < -0.3 is 20.1 Å². The van der Waals surface area contributed by atoms with Crippen LogP contribution >= 0.6 is 12.2 Å². The Bertz CT molecular complexity index is 1380. The molecule has 6 nitrogen and oxygen atoms in total. The van der Waals surface area contributed by atoms with Crippen molar-refractivity contribution in [3.05, 3.63) is 108 Å². The van der Waals surface area contributed by atoms with Crippen LogP contribution in [-0.4, -0.2) is 20.6 Å². The molecule has 2 aromatic carbocycles. The average molecular weight is 482 g/mol. The number of benzene rings is 2. The van der Waals surface area contributed by atoms with E-state index in [9.17, 15) is 4.79 Å². The van der Waals surface area contributed by atoms with Crippen molar-refractivity contribution in [2.45, 2.75) is 32.9 Å². The van der Waals surface area contributed by atoms with Gasteiger partial charge in [-0.05, 0) is 97.9 Å². The SMILES string of the molecule is CC(=O)Nc1ccc(N2C(=S)N[C@@H](c3ccccn3)[C@@H]2c2cccn2-c2ccc(C)c(C)c2)cc1. The maximum Gasteiger partial charge on any atom is 0.221 e. The smallest absolute Gasteiger partial charge is 0.221 e. The zero-order chi connectivity index (χ0) is 24.5. The van der Waals surface area contributed by atoms with Gasteiger partial charge in [-0.1, -0.05) is 12.1 Å². The number of rotatable bonds is 5. The predicted molar refractivity (Wildman–Crippen MR) is 144 cm³/mol. The average Bonchev–Trinajstić information content (AvgIpc) is 3.46. The molecule has 2 aromatic heterocycles. The highest BCUT2D eigenvalue weighted by Gasteiger charge is 2.42. The highest BCUT2D eigenvalue weighted by atomic mass is 32.1. The number of pyridine rings is 1. The fourth-order valence-electron chi connectivity index (χ4n) is 4.59. The summed E-state index contributed by atoms with van der Waals surface area (Å²) in [6, 6.07) is 24.1. The van der Waals surface area contributed by atoms with Crippen LogP contribution < -0.4 is 15.5 Å². The number of hydrogen-bond acceptors (Lipinski definition) is 3. The number of thiocarbonyl (C=S) groups is 1. The van der Waals surface area contributed by atoms with Gasteiger partial charge in [-0.15, -0.1) is 0 Å². The number of aromatic nitrogens is 2. The molecule has 0 spiro atoms. The van der Waals surface area contributed by atoms with Gasteiger partial charge in [0, 0.05) is 42.1 Å². The maximum absolute atomic E-state index is 11.5. The van der Waals surface area contributed by atoms with Gasteiger partial charge in [-0.3, -0.25) is 9.78 Å². The first-order chi connectivity index (χ1) is 16.9. The summed E-state index contributed by atoms with van der Waals surface area (Å²) in [7, 11) is 0. The molecule has 0 saturated carbocycles. The second-order valence-electron chi connectivity index (χ2n) is 8.80. The highest BCUT2D eigenvalue weighted by molar-refractivity contribution is 7.80. The molecule has 5 rings (SSSR count). The Labute approximate surface area is 210 Å². The number of carbonyl (C=O) groups is 1. The van der Waals surface area contributed by atoms with Crippen molar-refractivity contribution in [2.75, 3.05) is 10.2 Å². The van der Waals surface area contributed by atoms with Crippen LogP contribution in [0.4, 0.5) is 11.4 Å². The molecule has 4 aromatic rings. The monoisotopic (exact) mass is 481 g/mol. The fraction of sp³-hybridized carbons (Fsp3) is 0.179. The maximum atomic E-state index is 11.5. The minimum atomic E-state index is -0.140. The second kappa shape index (κ2) is 9.35. The van der Waals surface area contributed by atoms with Gasteiger partial charge in [0.05, 0.1) is 11.7 Å². The van der Waals surface area contributed by atoms with E-state index >= 15 is 0 Å². The normalized spacial score (nSPS) is 17.3. The summed E-state index contributed by atoms with van der Waals surface area (Å²) in [5.41, 5.74) is 7.31. The second-order valence-corrected chi connectivity index (χ2v) is 9.18. The molecular weight excluding hydrogens is 454 g/mol. The minimum absolute atomic E-state index is 0.101. The molecule has 0 bridgehead atoms. The van der Waals surface area contributed by atoms with Crippen LogP contribution in [-0.2, 0) is 4.79 Å². The van der Waals surface area contributed by atoms with E-state index in [0.29, 0.717) is 5.11 Å². The Hall–Kier alpha value is -3.97. The van der Waals surface area contributed by atoms with Crippen LogP contribution in [0.25, 0.3) is 5.69 Å². The summed E-state index contributed by atoms with van der Waals surface area (Å²) in [5.74, 6) is -0.101. The van der Waals surface area contributed by atoms with Crippen molar-refractivity contribution in [1.29, 1.82) is 0 Å². The van der Waals surface area contributed by atoms with Gasteiger partial charge in [-0.2, -0.15) is 0 Å². The Kier molecular flexibility index (Phi) is 6.09. The third-order valence-corrected chi connectivity index (χ3v) is 6.73. The van der Waals surface area contributed by atoms with Gasteiger partial charge in [0.25, 0.3) is 0 Å². The number of nitrogens with one attached hydrogen (secondary N) is 2. The number of anilines is 2. The number of amides is 1. The molecule has 1 aliphatic heterocycles. The van der Waals surface area contributed by atoms with Crippen LogP contribution in [0.15, 0.2) is 85.2 Å². The van der Waals surface area contributed by atoms with Crippen LogP contribution in [0.5, 0.6) is 0 Å². The van der Waals surface area contributed by atoms with Crippen molar-refractivity contribution in [3.8, 4) is 5.69 Å². The van der Waals surface area contributed by atoms with E-state index in [1.807, 2.05) is 48.7 Å². The lowest BCUT2D eigenvalue weighted by atomic mass is 10.0. The van der Waals surface area contributed by atoms with Gasteiger partial charge in [0.1, 0.15) is 6.04 Å². The first-order valence-corrected chi connectivity index (χ1v) is 12.0. The van der Waals surface area contributed by atoms with Crippen molar-refractivity contribution in [1.82, 2.24) is 14.9 Å². The molecule has 2 N–H and O–H groups in total. The van der Waals surface area contributed by atoms with E-state index in [-0.39, 0.29) is 18.0 Å². The summed E-state index contributed by atoms with van der Waals surface area (Å²) < 4.78 is 2.22. The molecule has 0 radical (unpaired) electrons. The lowest BCUT2D eigenvalue weighted by Gasteiger charge is -2.29. The molecule has 0 aliphatic carbocycles. The van der Waals surface area contributed by atoms with Crippen molar-refractivity contribution < 1.29 is 4.79 Å². The van der Waals surface area contributed by atoms with E-state index < -0.39 is 0 Å². The standard InChI is InChI=1S/C28H27N5OS/c1-18-9-12-23(17-19(18)2)32-16-6-8-25(32)27-26(24-7-4-5-15-29-24)31-28(35)33(27)22-13-10-21(11-14-22)30-20(3)34/h4-17,26-27H,1-3H3,(H,30,34)(H,31,35)/t26-,27-/m0/s1. The zero-order valence-electron chi connectivity index (χ0n) is 19.9. The number of aryl methyl sites for hydroxylation is 2. The summed E-state index contributed by atoms with van der Waals surface area (Å²) in [5, 5.41) is 6.97. The molecule has 0 unspecified atom stereocenters. The van der Waals surface area contributed by atoms with Gasteiger partial charge in [0.2, 0.25) is 5.91 Å². The summed E-state index contributed by atoms with van der Waals surface area (Å²) in [6.07, 6.45) is 3.90. The highest BCUT2D eigenvalue weighted by Crippen LogP contribution is 2.42. The van der Waals surface area contributed by atoms with Gasteiger partial charge >= 0.3 is 0 Å². The van der Waals surface area contributed by atoms with Crippen molar-refractivity contribution >= 4 is 34.6 Å². The summed E-state index contributed by atoms with van der Waals surface area (Å²) >= 11 is 5.86. The van der Waals surface area contributed by atoms with E-state index in [1.54, 1.807) is 0 Å². The van der Waals surface area contributed by atoms with E-state index in [0.717, 1.165) is 28.5 Å². The first-order valence-electron chi connectivity index (χ1n) is 11.6. The summed E-state index contributed by atoms with van der Waals surface area (Å²) in [6.45, 7) is 5.76. The molecule has 3 heterocycles. The molecule has 1 amide bonds. The molecule has 176 valence electrons. The quantitative estimate of drug-likeness (QED) is 0.362. The Balaban J connectivity index is 1.62. The molecule has 35 heavy (non-hydrogen) atoms. The largest absolute Gasteiger partial charge is 0.351 e. The lowest BCUT2D eigenvalue weighted by Crippen LogP contribution is -2.30. The number of hydrogen-bond donors (Lipinski definition) is 2. The molecule has 2 atom stereocenters. The molecule has 1 saturated heterocycles. The van der Waals surface area contributed by atoms with Crippen molar-refractivity contribution in [2.24, 2.45) is 0 Å². The molecule has 1 aliphatic rings. The molecule has 1 fully saturated rings. The first kappa shape index (κ1) is 22.8. The number of nitrogens with zero attached hydrogens (tertiary/aromatic N) is 3. The van der Waals surface area contributed by atoms with Crippen LogP contribution in [0, 0.1) is 13.8 Å². The van der Waals surface area contributed by atoms with Crippen LogP contribution in [0.1, 0.15) is 41.5 Å². The molecule has 7 heteroatoms. The fourth-order valence-corrected chi connectivity index (χ4v) is 4.93. The Morgan fingerprint density at radius 1 is 0.971 bits per heavy atom. The van der Waals surface area contributed by atoms with E-state index in [1.165, 1.54) is 18.1 Å². The van der Waals surface area contributed by atoms with Gasteiger partial charge in [0.15, 0.2) is 5.11 Å². The van der Waals surface area contributed by atoms with E-state index in [2.05, 4.69) is 75.5 Å². The third kappa shape index (κ3) is 4.42. The number of carbonyl (C=O) groups excluding carboxylic acids is 1. The minimum Gasteiger partial charge on any atom is -0.351 e. The topological polar surface area (TPSA) is 62.2 Å². The predicted octanol–water partition coefficient (Wildman–Crippen LogP) is 5.62. The Morgan fingerprint density at radius 3 is 2.43 bits per heavy atom. The van der Waals surface area contributed by atoms with Crippen LogP contribution in [0.2, 0.25) is 0 Å². The zero-order valence-corrected chi connectivity index (χ0v) is 20.7.